The lowest BCUT2D eigenvalue weighted by Crippen LogP contribution is -2.30. The SMILES string of the molecule is CC(C)OC(=O)c1cccc(N2C(=O)C(=O)/C(=C(\O)c3cccc([N+](=O)[O-])c3)C2c2ccccn2)c1. The number of anilines is 1. The van der Waals surface area contributed by atoms with Gasteiger partial charge in [0, 0.05) is 29.6 Å². The number of ketones is 1. The quantitative estimate of drug-likeness (QED) is 0.136. The Morgan fingerprint density at radius 1 is 1.06 bits per heavy atom. The summed E-state index contributed by atoms with van der Waals surface area (Å²) in [5.74, 6) is -3.13. The van der Waals surface area contributed by atoms with Crippen molar-refractivity contribution in [3.63, 3.8) is 0 Å². The van der Waals surface area contributed by atoms with Crippen LogP contribution in [0.15, 0.2) is 78.5 Å². The standard InChI is InChI=1S/C26H21N3O7/c1-15(2)36-26(33)17-8-6-9-18(14-17)28-22(20-11-3-4-12-27-20)21(24(31)25(28)32)23(30)16-7-5-10-19(13-16)29(34)35/h3-15,22,30H,1-2H3/b23-21-. The summed E-state index contributed by atoms with van der Waals surface area (Å²) in [6.07, 6.45) is 1.11. The molecule has 0 saturated carbocycles. The van der Waals surface area contributed by atoms with E-state index < -0.39 is 34.4 Å². The van der Waals surface area contributed by atoms with Gasteiger partial charge < -0.3 is 9.84 Å². The van der Waals surface area contributed by atoms with E-state index in [4.69, 9.17) is 4.74 Å². The van der Waals surface area contributed by atoms with E-state index in [0.717, 1.165) is 11.0 Å². The summed E-state index contributed by atoms with van der Waals surface area (Å²) >= 11 is 0. The first-order valence-corrected chi connectivity index (χ1v) is 11.0. The van der Waals surface area contributed by atoms with Gasteiger partial charge in [-0.1, -0.05) is 24.3 Å². The van der Waals surface area contributed by atoms with Gasteiger partial charge in [-0.05, 0) is 44.2 Å². The summed E-state index contributed by atoms with van der Waals surface area (Å²) in [7, 11) is 0. The van der Waals surface area contributed by atoms with Crippen molar-refractivity contribution in [1.82, 2.24) is 4.98 Å². The van der Waals surface area contributed by atoms with Crippen LogP contribution in [0.2, 0.25) is 0 Å². The zero-order valence-corrected chi connectivity index (χ0v) is 19.3. The van der Waals surface area contributed by atoms with Gasteiger partial charge in [-0.3, -0.25) is 29.6 Å². The number of ether oxygens (including phenoxy) is 1. The number of hydrogen-bond acceptors (Lipinski definition) is 8. The van der Waals surface area contributed by atoms with Gasteiger partial charge >= 0.3 is 5.97 Å². The van der Waals surface area contributed by atoms with E-state index in [1.54, 1.807) is 44.2 Å². The molecule has 1 saturated heterocycles. The lowest BCUT2D eigenvalue weighted by molar-refractivity contribution is -0.384. The van der Waals surface area contributed by atoms with Crippen molar-refractivity contribution < 1.29 is 29.2 Å². The fourth-order valence-electron chi connectivity index (χ4n) is 3.90. The van der Waals surface area contributed by atoms with Crippen molar-refractivity contribution in [1.29, 1.82) is 0 Å². The van der Waals surface area contributed by atoms with E-state index in [-0.39, 0.29) is 39.9 Å². The number of non-ortho nitro benzene ring substituents is 1. The minimum absolute atomic E-state index is 0.00241. The number of hydrogen-bond donors (Lipinski definition) is 1. The highest BCUT2D eigenvalue weighted by molar-refractivity contribution is 6.51. The molecule has 182 valence electrons. The molecule has 10 nitrogen and oxygen atoms in total. The second-order valence-electron chi connectivity index (χ2n) is 8.24. The van der Waals surface area contributed by atoms with Crippen LogP contribution >= 0.6 is 0 Å². The van der Waals surface area contributed by atoms with Crippen molar-refractivity contribution in [3.8, 4) is 0 Å². The van der Waals surface area contributed by atoms with Crippen LogP contribution in [0.1, 0.15) is 41.5 Å². The number of carbonyl (C=O) groups is 3. The number of aliphatic hydroxyl groups excluding tert-OH is 1. The summed E-state index contributed by atoms with van der Waals surface area (Å²) in [6.45, 7) is 3.41. The predicted octanol–water partition coefficient (Wildman–Crippen LogP) is 4.18. The lowest BCUT2D eigenvalue weighted by Gasteiger charge is -2.25. The van der Waals surface area contributed by atoms with Gasteiger partial charge in [0.2, 0.25) is 0 Å². The molecular formula is C26H21N3O7. The largest absolute Gasteiger partial charge is 0.507 e. The number of rotatable bonds is 6. The van der Waals surface area contributed by atoms with E-state index in [2.05, 4.69) is 4.98 Å². The van der Waals surface area contributed by atoms with Crippen LogP contribution in [0.3, 0.4) is 0 Å². The third kappa shape index (κ3) is 4.56. The summed E-state index contributed by atoms with van der Waals surface area (Å²) in [5, 5.41) is 22.3. The van der Waals surface area contributed by atoms with Crippen molar-refractivity contribution >= 4 is 34.8 Å². The van der Waals surface area contributed by atoms with E-state index >= 15 is 0 Å². The van der Waals surface area contributed by atoms with Gasteiger partial charge in [0.1, 0.15) is 11.8 Å². The number of esters is 1. The van der Waals surface area contributed by atoms with Crippen LogP contribution in [0.4, 0.5) is 11.4 Å². The Balaban J connectivity index is 1.89. The second kappa shape index (κ2) is 9.79. The fraction of sp³-hybridized carbons (Fsp3) is 0.154. The second-order valence-corrected chi connectivity index (χ2v) is 8.24. The number of Topliss-reactive ketones (excluding diaryl/α,β-unsaturated/α-hetero) is 1. The molecule has 1 unspecified atom stereocenters. The summed E-state index contributed by atoms with van der Waals surface area (Å²) in [4.78, 5) is 54.9. The van der Waals surface area contributed by atoms with Crippen molar-refractivity contribution in [2.24, 2.45) is 0 Å². The molecule has 4 rings (SSSR count). The molecule has 0 radical (unpaired) electrons. The number of aromatic nitrogens is 1. The number of nitro benzene ring substituents is 1. The number of amides is 1. The minimum Gasteiger partial charge on any atom is -0.507 e. The molecule has 1 fully saturated rings. The Morgan fingerprint density at radius 3 is 2.44 bits per heavy atom. The van der Waals surface area contributed by atoms with Gasteiger partial charge in [0.05, 0.1) is 27.9 Å². The molecule has 0 spiro atoms. The molecule has 1 aliphatic heterocycles. The normalized spacial score (nSPS) is 16.9. The predicted molar refractivity (Wildman–Crippen MR) is 129 cm³/mol. The molecule has 10 heteroatoms. The first-order chi connectivity index (χ1) is 17.2. The van der Waals surface area contributed by atoms with Crippen LogP contribution in [0.25, 0.3) is 5.76 Å². The highest BCUT2D eigenvalue weighted by atomic mass is 16.6. The van der Waals surface area contributed by atoms with Crippen LogP contribution in [0.5, 0.6) is 0 Å². The van der Waals surface area contributed by atoms with Gasteiger partial charge in [0.15, 0.2) is 0 Å². The topological polar surface area (TPSA) is 140 Å². The van der Waals surface area contributed by atoms with Gasteiger partial charge in [-0.15, -0.1) is 0 Å². The summed E-state index contributed by atoms with van der Waals surface area (Å²) in [6, 6.07) is 14.9. The van der Waals surface area contributed by atoms with E-state index in [1.807, 2.05) is 0 Å². The fourth-order valence-corrected chi connectivity index (χ4v) is 3.90. The molecule has 1 aromatic heterocycles. The summed E-state index contributed by atoms with van der Waals surface area (Å²) < 4.78 is 5.24. The van der Waals surface area contributed by atoms with E-state index in [1.165, 1.54) is 36.5 Å². The molecular weight excluding hydrogens is 466 g/mol. The molecule has 2 heterocycles. The summed E-state index contributed by atoms with van der Waals surface area (Å²) in [5.41, 5.74) is 0.0789. The van der Waals surface area contributed by atoms with Crippen LogP contribution in [-0.4, -0.2) is 38.8 Å². The minimum atomic E-state index is -1.15. The maximum Gasteiger partial charge on any atom is 0.338 e. The monoisotopic (exact) mass is 487 g/mol. The van der Waals surface area contributed by atoms with Gasteiger partial charge in [-0.2, -0.15) is 0 Å². The maximum absolute atomic E-state index is 13.2. The lowest BCUT2D eigenvalue weighted by atomic mass is 9.98. The molecule has 1 amide bonds. The first-order valence-electron chi connectivity index (χ1n) is 11.0. The smallest absolute Gasteiger partial charge is 0.338 e. The Morgan fingerprint density at radius 2 is 1.78 bits per heavy atom. The number of benzene rings is 2. The number of pyridine rings is 1. The van der Waals surface area contributed by atoms with E-state index in [0.29, 0.717) is 0 Å². The van der Waals surface area contributed by atoms with Crippen molar-refractivity contribution in [2.45, 2.75) is 26.0 Å². The van der Waals surface area contributed by atoms with Crippen LogP contribution in [-0.2, 0) is 14.3 Å². The Labute approximate surface area is 205 Å². The highest BCUT2D eigenvalue weighted by Gasteiger charge is 2.47. The number of nitro groups is 1. The number of nitrogens with zero attached hydrogens (tertiary/aromatic N) is 3. The third-order valence-corrected chi connectivity index (χ3v) is 5.45. The third-order valence-electron chi connectivity index (χ3n) is 5.45. The Kier molecular flexibility index (Phi) is 6.60. The zero-order chi connectivity index (χ0) is 26.0. The molecule has 3 aromatic rings. The molecule has 1 aliphatic rings. The van der Waals surface area contributed by atoms with Gasteiger partial charge in [-0.25, -0.2) is 4.79 Å². The average Bonchev–Trinajstić information content (AvgIpc) is 3.14. The molecule has 0 aliphatic carbocycles. The number of aliphatic hydroxyl groups is 1. The Bertz CT molecular complexity index is 1400. The Hall–Kier alpha value is -4.86. The van der Waals surface area contributed by atoms with Gasteiger partial charge in [0.25, 0.3) is 17.4 Å². The highest BCUT2D eigenvalue weighted by Crippen LogP contribution is 2.41. The zero-order valence-electron chi connectivity index (χ0n) is 19.3. The van der Waals surface area contributed by atoms with Crippen LogP contribution in [0, 0.1) is 10.1 Å². The van der Waals surface area contributed by atoms with E-state index in [9.17, 15) is 29.6 Å². The number of carbonyl (C=O) groups excluding carboxylic acids is 3. The molecule has 36 heavy (non-hydrogen) atoms. The average molecular weight is 487 g/mol. The molecule has 1 atom stereocenters. The van der Waals surface area contributed by atoms with Crippen molar-refractivity contribution in [3.05, 3.63) is 105 Å². The molecule has 1 N–H and O–H groups in total. The van der Waals surface area contributed by atoms with Crippen LogP contribution < -0.4 is 4.90 Å². The first kappa shape index (κ1) is 24.3. The molecule has 2 aromatic carbocycles. The maximum atomic E-state index is 13.2. The van der Waals surface area contributed by atoms with Crippen molar-refractivity contribution in [2.75, 3.05) is 4.90 Å². The molecule has 0 bridgehead atoms.